The van der Waals surface area contributed by atoms with Gasteiger partial charge in [-0.2, -0.15) is 0 Å². The van der Waals surface area contributed by atoms with Gasteiger partial charge in [0.2, 0.25) is 5.91 Å². The highest BCUT2D eigenvalue weighted by Gasteiger charge is 2.38. The van der Waals surface area contributed by atoms with E-state index in [1.165, 1.54) is 0 Å². The molecule has 1 rings (SSSR count). The third-order valence-corrected chi connectivity index (χ3v) is 3.50. The second-order valence-corrected chi connectivity index (χ2v) is 4.71. The van der Waals surface area contributed by atoms with Crippen molar-refractivity contribution in [1.29, 1.82) is 0 Å². The van der Waals surface area contributed by atoms with Gasteiger partial charge < -0.3 is 10.4 Å². The summed E-state index contributed by atoms with van der Waals surface area (Å²) in [6.45, 7) is 5.47. The zero-order valence-corrected chi connectivity index (χ0v) is 11.8. The molecule has 1 aromatic rings. The summed E-state index contributed by atoms with van der Waals surface area (Å²) in [4.78, 5) is 23.4. The van der Waals surface area contributed by atoms with Crippen LogP contribution in [0.5, 0.6) is 0 Å². The number of carboxylic acids is 1. The molecule has 0 aliphatic heterocycles. The standard InChI is InChI=1S/C16H21NO3/c1-3-5-11-14(18)17-12-16(4-2,15(19)20)13-9-7-6-8-10-13/h3,6-10H,1,4-5,11-12H2,2H3,(H,17,18)(H,19,20). The monoisotopic (exact) mass is 275 g/mol. The largest absolute Gasteiger partial charge is 0.481 e. The van der Waals surface area contributed by atoms with E-state index in [4.69, 9.17) is 0 Å². The van der Waals surface area contributed by atoms with Crippen molar-refractivity contribution in [3.8, 4) is 0 Å². The van der Waals surface area contributed by atoms with Crippen molar-refractivity contribution < 1.29 is 14.7 Å². The van der Waals surface area contributed by atoms with E-state index in [1.807, 2.05) is 25.1 Å². The van der Waals surface area contributed by atoms with E-state index in [0.29, 0.717) is 24.8 Å². The van der Waals surface area contributed by atoms with E-state index in [0.717, 1.165) is 0 Å². The SMILES string of the molecule is C=CCCC(=O)NCC(CC)(C(=O)O)c1ccccc1. The second kappa shape index (κ2) is 7.48. The fourth-order valence-corrected chi connectivity index (χ4v) is 2.11. The Balaban J connectivity index is 2.88. The predicted octanol–water partition coefficient (Wildman–Crippen LogP) is 2.50. The topological polar surface area (TPSA) is 66.4 Å². The molecule has 0 radical (unpaired) electrons. The van der Waals surface area contributed by atoms with Gasteiger partial charge in [0.05, 0.1) is 0 Å². The van der Waals surface area contributed by atoms with Crippen molar-refractivity contribution in [1.82, 2.24) is 5.32 Å². The fraction of sp³-hybridized carbons (Fsp3) is 0.375. The van der Waals surface area contributed by atoms with Crippen LogP contribution < -0.4 is 5.32 Å². The molecule has 1 aromatic carbocycles. The van der Waals surface area contributed by atoms with Gasteiger partial charge in [-0.1, -0.05) is 43.3 Å². The van der Waals surface area contributed by atoms with Crippen molar-refractivity contribution in [2.45, 2.75) is 31.6 Å². The molecule has 0 heterocycles. The minimum atomic E-state index is -1.08. The zero-order chi connectivity index (χ0) is 15.0. The lowest BCUT2D eigenvalue weighted by Gasteiger charge is -2.29. The van der Waals surface area contributed by atoms with Gasteiger partial charge in [-0.05, 0) is 18.4 Å². The van der Waals surface area contributed by atoms with Crippen molar-refractivity contribution in [2.24, 2.45) is 0 Å². The van der Waals surface area contributed by atoms with E-state index in [2.05, 4.69) is 11.9 Å². The average Bonchev–Trinajstić information content (AvgIpc) is 2.47. The van der Waals surface area contributed by atoms with Crippen molar-refractivity contribution >= 4 is 11.9 Å². The number of allylic oxidation sites excluding steroid dienone is 1. The molecule has 2 N–H and O–H groups in total. The first-order valence-electron chi connectivity index (χ1n) is 6.73. The number of hydrogen-bond acceptors (Lipinski definition) is 2. The molecule has 108 valence electrons. The van der Waals surface area contributed by atoms with Gasteiger partial charge in [-0.25, -0.2) is 0 Å². The highest BCUT2D eigenvalue weighted by molar-refractivity contribution is 5.83. The minimum Gasteiger partial charge on any atom is -0.481 e. The van der Waals surface area contributed by atoms with Crippen LogP contribution in [-0.4, -0.2) is 23.5 Å². The molecular weight excluding hydrogens is 254 g/mol. The van der Waals surface area contributed by atoms with Gasteiger partial charge in [0, 0.05) is 13.0 Å². The Bertz CT molecular complexity index is 470. The smallest absolute Gasteiger partial charge is 0.315 e. The Morgan fingerprint density at radius 3 is 2.50 bits per heavy atom. The first kappa shape index (κ1) is 16.0. The molecule has 0 saturated heterocycles. The number of carbonyl (C=O) groups is 2. The van der Waals surface area contributed by atoms with E-state index in [1.54, 1.807) is 18.2 Å². The summed E-state index contributed by atoms with van der Waals surface area (Å²) in [5, 5.41) is 12.3. The van der Waals surface area contributed by atoms with Gasteiger partial charge in [-0.15, -0.1) is 6.58 Å². The van der Waals surface area contributed by atoms with Crippen LogP contribution in [0.2, 0.25) is 0 Å². The van der Waals surface area contributed by atoms with Crippen molar-refractivity contribution in [3.05, 3.63) is 48.6 Å². The predicted molar refractivity (Wildman–Crippen MR) is 78.5 cm³/mol. The maximum absolute atomic E-state index is 11.7. The molecule has 0 spiro atoms. The third kappa shape index (κ3) is 3.70. The molecule has 1 unspecified atom stereocenters. The molecule has 4 nitrogen and oxygen atoms in total. The van der Waals surface area contributed by atoms with E-state index >= 15 is 0 Å². The first-order valence-corrected chi connectivity index (χ1v) is 6.73. The van der Waals surface area contributed by atoms with Gasteiger partial charge in [0.15, 0.2) is 0 Å². The summed E-state index contributed by atoms with van der Waals surface area (Å²) >= 11 is 0. The van der Waals surface area contributed by atoms with Crippen LogP contribution in [-0.2, 0) is 15.0 Å². The minimum absolute atomic E-state index is 0.0961. The second-order valence-electron chi connectivity index (χ2n) is 4.71. The van der Waals surface area contributed by atoms with Crippen LogP contribution in [0.1, 0.15) is 31.7 Å². The van der Waals surface area contributed by atoms with Gasteiger partial charge in [0.25, 0.3) is 0 Å². The molecule has 4 heteroatoms. The van der Waals surface area contributed by atoms with Crippen LogP contribution >= 0.6 is 0 Å². The first-order chi connectivity index (χ1) is 9.56. The summed E-state index contributed by atoms with van der Waals surface area (Å²) in [6, 6.07) is 9.03. The van der Waals surface area contributed by atoms with Crippen LogP contribution in [0.4, 0.5) is 0 Å². The molecule has 0 aliphatic carbocycles. The molecule has 1 atom stereocenters. The number of carbonyl (C=O) groups excluding carboxylic acids is 1. The maximum atomic E-state index is 11.7. The number of rotatable bonds is 8. The van der Waals surface area contributed by atoms with E-state index in [9.17, 15) is 14.7 Å². The number of nitrogens with one attached hydrogen (secondary N) is 1. The van der Waals surface area contributed by atoms with Crippen LogP contribution in [0.25, 0.3) is 0 Å². The summed E-state index contributed by atoms with van der Waals surface area (Å²) in [5.74, 6) is -1.07. The van der Waals surface area contributed by atoms with Crippen molar-refractivity contribution in [3.63, 3.8) is 0 Å². The Labute approximate surface area is 119 Å². The third-order valence-electron chi connectivity index (χ3n) is 3.50. The molecule has 1 amide bonds. The van der Waals surface area contributed by atoms with Crippen molar-refractivity contribution in [2.75, 3.05) is 6.54 Å². The summed E-state index contributed by atoms with van der Waals surface area (Å²) in [5.41, 5.74) is -0.371. The Hall–Kier alpha value is -2.10. The lowest BCUT2D eigenvalue weighted by Crippen LogP contribution is -2.46. The number of aliphatic carboxylic acids is 1. The molecule has 0 aromatic heterocycles. The van der Waals surface area contributed by atoms with E-state index < -0.39 is 11.4 Å². The molecular formula is C16H21NO3. The van der Waals surface area contributed by atoms with Gasteiger partial charge in [0.1, 0.15) is 5.41 Å². The highest BCUT2D eigenvalue weighted by Crippen LogP contribution is 2.27. The van der Waals surface area contributed by atoms with Crippen LogP contribution in [0.3, 0.4) is 0 Å². The molecule has 20 heavy (non-hydrogen) atoms. The van der Waals surface area contributed by atoms with Gasteiger partial charge >= 0.3 is 5.97 Å². The number of benzene rings is 1. The molecule has 0 aliphatic rings. The fourth-order valence-electron chi connectivity index (χ4n) is 2.11. The normalized spacial score (nSPS) is 13.2. The highest BCUT2D eigenvalue weighted by atomic mass is 16.4. The Morgan fingerprint density at radius 1 is 1.35 bits per heavy atom. The lowest BCUT2D eigenvalue weighted by atomic mass is 9.78. The molecule has 0 fully saturated rings. The van der Waals surface area contributed by atoms with Gasteiger partial charge in [-0.3, -0.25) is 9.59 Å². The summed E-state index contributed by atoms with van der Waals surface area (Å²) < 4.78 is 0. The summed E-state index contributed by atoms with van der Waals surface area (Å²) in [6.07, 6.45) is 3.00. The quantitative estimate of drug-likeness (QED) is 0.716. The zero-order valence-electron chi connectivity index (χ0n) is 11.8. The molecule has 0 saturated carbocycles. The van der Waals surface area contributed by atoms with E-state index in [-0.39, 0.29) is 12.5 Å². The summed E-state index contributed by atoms with van der Waals surface area (Å²) in [7, 11) is 0. The van der Waals surface area contributed by atoms with Crippen LogP contribution in [0, 0.1) is 0 Å². The number of carboxylic acid groups (broad SMARTS) is 1. The van der Waals surface area contributed by atoms with Crippen LogP contribution in [0.15, 0.2) is 43.0 Å². The molecule has 0 bridgehead atoms. The lowest BCUT2D eigenvalue weighted by molar-refractivity contribution is -0.144. The number of hydrogen-bond donors (Lipinski definition) is 2. The Morgan fingerprint density at radius 2 is 2.00 bits per heavy atom. The Kier molecular flexibility index (Phi) is 5.97. The maximum Gasteiger partial charge on any atom is 0.315 e. The number of amides is 1. The average molecular weight is 275 g/mol.